The number of hydrogen-bond donors (Lipinski definition) is 1. The second kappa shape index (κ2) is 4.96. The van der Waals surface area contributed by atoms with Crippen molar-refractivity contribution < 1.29 is 0 Å². The number of nitrogens with one attached hydrogen (secondary N) is 1. The molecule has 2 saturated carbocycles. The molecular formula is C14H25N3. The van der Waals surface area contributed by atoms with Crippen LogP contribution < -0.4 is 5.32 Å². The van der Waals surface area contributed by atoms with Gasteiger partial charge in [-0.15, -0.1) is 0 Å². The van der Waals surface area contributed by atoms with Crippen molar-refractivity contribution in [3.8, 4) is 6.07 Å². The topological polar surface area (TPSA) is 39.1 Å². The monoisotopic (exact) mass is 235 g/mol. The number of nitriles is 1. The molecule has 0 amide bonds. The van der Waals surface area contributed by atoms with Crippen LogP contribution in [0, 0.1) is 23.2 Å². The molecule has 2 unspecified atom stereocenters. The first-order valence-corrected chi connectivity index (χ1v) is 6.99. The predicted octanol–water partition coefficient (Wildman–Crippen LogP) is 2.00. The molecule has 0 heterocycles. The Morgan fingerprint density at radius 3 is 2.47 bits per heavy atom. The maximum Gasteiger partial charge on any atom is 0.122 e. The zero-order chi connectivity index (χ0) is 12.5. The van der Waals surface area contributed by atoms with Crippen LogP contribution in [-0.2, 0) is 0 Å². The number of hydrogen-bond acceptors (Lipinski definition) is 3. The standard InChI is InChI=1S/C14H25N3/c1-4-16-14(9-15,13-7-8-13)10-17(3)11(2)12-5-6-12/h11-13,16H,4-8,10H2,1-3H3. The van der Waals surface area contributed by atoms with Gasteiger partial charge >= 0.3 is 0 Å². The Bertz CT molecular complexity index is 301. The Hall–Kier alpha value is -0.590. The van der Waals surface area contributed by atoms with E-state index in [0.29, 0.717) is 12.0 Å². The molecule has 2 fully saturated rings. The minimum atomic E-state index is -0.299. The van der Waals surface area contributed by atoms with Crippen LogP contribution in [0.15, 0.2) is 0 Å². The van der Waals surface area contributed by atoms with Gasteiger partial charge < -0.3 is 4.90 Å². The van der Waals surface area contributed by atoms with Crippen molar-refractivity contribution in [3.05, 3.63) is 0 Å². The summed E-state index contributed by atoms with van der Waals surface area (Å²) in [4.78, 5) is 2.39. The van der Waals surface area contributed by atoms with Crippen LogP contribution in [0.25, 0.3) is 0 Å². The van der Waals surface area contributed by atoms with Crippen molar-refractivity contribution in [3.63, 3.8) is 0 Å². The molecule has 1 N–H and O–H groups in total. The van der Waals surface area contributed by atoms with Crippen LogP contribution in [0.1, 0.15) is 39.5 Å². The van der Waals surface area contributed by atoms with Gasteiger partial charge in [0.15, 0.2) is 0 Å². The number of nitrogens with zero attached hydrogens (tertiary/aromatic N) is 2. The van der Waals surface area contributed by atoms with E-state index in [1.165, 1.54) is 25.7 Å². The molecule has 96 valence electrons. The molecule has 0 aromatic rings. The largest absolute Gasteiger partial charge is 0.301 e. The molecule has 0 radical (unpaired) electrons. The van der Waals surface area contributed by atoms with Gasteiger partial charge in [0.25, 0.3) is 0 Å². The van der Waals surface area contributed by atoms with E-state index in [4.69, 9.17) is 0 Å². The Labute approximate surface area is 105 Å². The summed E-state index contributed by atoms with van der Waals surface area (Å²) < 4.78 is 0. The van der Waals surface area contributed by atoms with Gasteiger partial charge in [0.2, 0.25) is 0 Å². The summed E-state index contributed by atoms with van der Waals surface area (Å²) >= 11 is 0. The van der Waals surface area contributed by atoms with Crippen LogP contribution in [-0.4, -0.2) is 36.6 Å². The van der Waals surface area contributed by atoms with E-state index in [2.05, 4.69) is 37.2 Å². The van der Waals surface area contributed by atoms with Crippen LogP contribution in [0.3, 0.4) is 0 Å². The lowest BCUT2D eigenvalue weighted by molar-refractivity contribution is 0.173. The molecule has 0 aliphatic heterocycles. The highest BCUT2D eigenvalue weighted by Gasteiger charge is 2.46. The summed E-state index contributed by atoms with van der Waals surface area (Å²) in [6.45, 7) is 6.16. The van der Waals surface area contributed by atoms with E-state index >= 15 is 0 Å². The van der Waals surface area contributed by atoms with Gasteiger partial charge in [-0.3, -0.25) is 5.32 Å². The van der Waals surface area contributed by atoms with Gasteiger partial charge in [-0.05, 0) is 58.0 Å². The highest BCUT2D eigenvalue weighted by Crippen LogP contribution is 2.41. The van der Waals surface area contributed by atoms with Crippen molar-refractivity contribution in [1.29, 1.82) is 5.26 Å². The molecule has 17 heavy (non-hydrogen) atoms. The first-order valence-electron chi connectivity index (χ1n) is 6.99. The third-order valence-corrected chi connectivity index (χ3v) is 4.46. The SMILES string of the molecule is CCNC(C#N)(CN(C)C(C)C1CC1)C1CC1. The summed E-state index contributed by atoms with van der Waals surface area (Å²) in [5.41, 5.74) is -0.299. The Kier molecular flexibility index (Phi) is 3.75. The zero-order valence-electron chi connectivity index (χ0n) is 11.4. The second-order valence-corrected chi connectivity index (χ2v) is 5.88. The predicted molar refractivity (Wildman–Crippen MR) is 69.6 cm³/mol. The second-order valence-electron chi connectivity index (χ2n) is 5.88. The first-order chi connectivity index (χ1) is 8.13. The lowest BCUT2D eigenvalue weighted by atomic mass is 9.93. The van der Waals surface area contributed by atoms with Gasteiger partial charge in [0.1, 0.15) is 5.54 Å². The van der Waals surface area contributed by atoms with E-state index < -0.39 is 0 Å². The Morgan fingerprint density at radius 2 is 2.06 bits per heavy atom. The fourth-order valence-corrected chi connectivity index (χ4v) is 2.86. The van der Waals surface area contributed by atoms with E-state index in [-0.39, 0.29) is 5.54 Å². The molecule has 3 heteroatoms. The molecule has 2 aliphatic carbocycles. The van der Waals surface area contributed by atoms with Crippen LogP contribution >= 0.6 is 0 Å². The molecule has 2 atom stereocenters. The van der Waals surface area contributed by atoms with Crippen molar-refractivity contribution >= 4 is 0 Å². The lowest BCUT2D eigenvalue weighted by Gasteiger charge is -2.35. The summed E-state index contributed by atoms with van der Waals surface area (Å²) in [6, 6.07) is 3.20. The highest BCUT2D eigenvalue weighted by molar-refractivity contribution is 5.16. The number of rotatable bonds is 7. The Balaban J connectivity index is 1.98. The average Bonchev–Trinajstić information content (AvgIpc) is 3.19. The molecular weight excluding hydrogens is 210 g/mol. The van der Waals surface area contributed by atoms with Crippen LogP contribution in [0.2, 0.25) is 0 Å². The summed E-state index contributed by atoms with van der Waals surface area (Å²) in [7, 11) is 2.18. The van der Waals surface area contributed by atoms with E-state index in [9.17, 15) is 5.26 Å². The van der Waals surface area contributed by atoms with Crippen molar-refractivity contribution in [1.82, 2.24) is 10.2 Å². The molecule has 3 nitrogen and oxygen atoms in total. The summed E-state index contributed by atoms with van der Waals surface area (Å²) in [5.74, 6) is 1.44. The third-order valence-electron chi connectivity index (χ3n) is 4.46. The summed E-state index contributed by atoms with van der Waals surface area (Å²) in [6.07, 6.45) is 5.17. The molecule has 2 rings (SSSR count). The smallest absolute Gasteiger partial charge is 0.122 e. The molecule has 0 aromatic carbocycles. The van der Waals surface area contributed by atoms with Crippen molar-refractivity contribution in [2.75, 3.05) is 20.1 Å². The number of likely N-dealkylation sites (N-methyl/N-ethyl adjacent to an activating group) is 2. The Morgan fingerprint density at radius 1 is 1.41 bits per heavy atom. The lowest BCUT2D eigenvalue weighted by Crippen LogP contribution is -2.55. The zero-order valence-corrected chi connectivity index (χ0v) is 11.4. The summed E-state index contributed by atoms with van der Waals surface area (Å²) in [5, 5.41) is 13.0. The molecule has 0 aromatic heterocycles. The maximum absolute atomic E-state index is 9.56. The van der Waals surface area contributed by atoms with Gasteiger partial charge in [0.05, 0.1) is 6.07 Å². The molecule has 2 aliphatic rings. The van der Waals surface area contributed by atoms with Gasteiger partial charge in [-0.1, -0.05) is 6.92 Å². The van der Waals surface area contributed by atoms with Crippen molar-refractivity contribution in [2.45, 2.75) is 51.1 Å². The highest BCUT2D eigenvalue weighted by atomic mass is 15.2. The average molecular weight is 235 g/mol. The van der Waals surface area contributed by atoms with Crippen LogP contribution in [0.4, 0.5) is 0 Å². The normalized spacial score (nSPS) is 25.4. The minimum absolute atomic E-state index is 0.299. The third kappa shape index (κ3) is 2.81. The fraction of sp³-hybridized carbons (Fsp3) is 0.929. The van der Waals surface area contributed by atoms with Gasteiger partial charge in [0, 0.05) is 12.6 Å². The van der Waals surface area contributed by atoms with E-state index in [1.807, 2.05) is 0 Å². The van der Waals surface area contributed by atoms with Crippen molar-refractivity contribution in [2.24, 2.45) is 11.8 Å². The molecule has 0 spiro atoms. The van der Waals surface area contributed by atoms with E-state index in [1.54, 1.807) is 0 Å². The molecule has 0 saturated heterocycles. The quantitative estimate of drug-likeness (QED) is 0.733. The van der Waals surface area contributed by atoms with E-state index in [0.717, 1.165) is 19.0 Å². The minimum Gasteiger partial charge on any atom is -0.301 e. The van der Waals surface area contributed by atoms with Gasteiger partial charge in [-0.2, -0.15) is 5.26 Å². The fourth-order valence-electron chi connectivity index (χ4n) is 2.86. The van der Waals surface area contributed by atoms with Gasteiger partial charge in [-0.25, -0.2) is 0 Å². The first kappa shape index (κ1) is 12.9. The van der Waals surface area contributed by atoms with Crippen LogP contribution in [0.5, 0.6) is 0 Å². The molecule has 0 bridgehead atoms. The maximum atomic E-state index is 9.56.